The van der Waals surface area contributed by atoms with Gasteiger partial charge in [0.15, 0.2) is 34.9 Å². The van der Waals surface area contributed by atoms with Crippen molar-refractivity contribution in [1.82, 2.24) is 29.9 Å². The van der Waals surface area contributed by atoms with Crippen LogP contribution in [0.15, 0.2) is 218 Å². The summed E-state index contributed by atoms with van der Waals surface area (Å²) in [4.78, 5) is 30.3. The lowest BCUT2D eigenvalue weighted by molar-refractivity contribution is 1.03. The Kier molecular flexibility index (Phi) is 10.1. The molecule has 0 N–H and O–H groups in total. The van der Waals surface area contributed by atoms with E-state index in [1.807, 2.05) is 66.7 Å². The summed E-state index contributed by atoms with van der Waals surface area (Å²) in [5, 5.41) is 0. The first-order chi connectivity index (χ1) is 30.1. The van der Waals surface area contributed by atoms with Gasteiger partial charge in [-0.3, -0.25) is 0 Å². The molecule has 0 saturated carbocycles. The smallest absolute Gasteiger partial charge is 0.164 e. The molecule has 6 nitrogen and oxygen atoms in total. The Bertz CT molecular complexity index is 3020. The third kappa shape index (κ3) is 8.11. The normalized spacial score (nSPS) is 12.3. The number of nitrogens with zero attached hydrogens (tertiary/aromatic N) is 6. The van der Waals surface area contributed by atoms with Crippen molar-refractivity contribution in [2.75, 3.05) is 0 Å². The molecule has 61 heavy (non-hydrogen) atoms. The Balaban J connectivity index is 1.06. The topological polar surface area (TPSA) is 77.3 Å². The standard InChI is InChI=1S/C55H38N6/c1-37-29-31-41(32-30-37)51-56-50(40-19-9-4-10-20-40)57-52(58-51)48-27-13-23-44(35-48)45-24-14-28-49(36-45)55-60-53(46-25-11-21-42(33-46)38-15-5-2-6-16-38)59-54(61-55)47-26-12-22-43(34-47)39-17-7-3-8-18-39/h2-29,31-36H,1,30H2. The molecular weight excluding hydrogens is 745 g/mol. The zero-order valence-corrected chi connectivity index (χ0v) is 33.2. The minimum atomic E-state index is 0.583. The molecule has 0 spiro atoms. The zero-order chi connectivity index (χ0) is 41.0. The molecule has 0 atom stereocenters. The number of aromatic nitrogens is 6. The molecule has 6 heteroatoms. The van der Waals surface area contributed by atoms with Gasteiger partial charge in [-0.25, -0.2) is 29.9 Å². The van der Waals surface area contributed by atoms with Crippen LogP contribution in [0, 0.1) is 0 Å². The highest BCUT2D eigenvalue weighted by Crippen LogP contribution is 2.33. The van der Waals surface area contributed by atoms with Crippen molar-refractivity contribution < 1.29 is 0 Å². The Hall–Kier alpha value is -8.22. The second-order valence-electron chi connectivity index (χ2n) is 14.9. The summed E-state index contributed by atoms with van der Waals surface area (Å²) in [5.41, 5.74) is 13.0. The molecule has 1 aliphatic rings. The zero-order valence-electron chi connectivity index (χ0n) is 33.2. The summed E-state index contributed by atoms with van der Waals surface area (Å²) in [6.07, 6.45) is 6.93. The predicted molar refractivity (Wildman–Crippen MR) is 248 cm³/mol. The Labute approximate surface area is 355 Å². The number of benzene rings is 7. The van der Waals surface area contributed by atoms with Crippen LogP contribution in [0.25, 0.3) is 95.9 Å². The second kappa shape index (κ2) is 16.6. The molecule has 1 aliphatic carbocycles. The van der Waals surface area contributed by atoms with Crippen LogP contribution in [0.5, 0.6) is 0 Å². The van der Waals surface area contributed by atoms with E-state index in [9.17, 15) is 0 Å². The molecular formula is C55H38N6. The van der Waals surface area contributed by atoms with E-state index in [4.69, 9.17) is 29.9 Å². The number of allylic oxidation sites excluding steroid dienone is 5. The van der Waals surface area contributed by atoms with Gasteiger partial charge in [-0.05, 0) is 64.1 Å². The SMILES string of the molecule is C=C1C=CC(c2nc(-c3ccccc3)nc(-c3cccc(-c4cccc(-c5nc(-c6cccc(-c7ccccc7)c6)nc(-c6cccc(-c7ccccc7)c6)n5)c4)c3)n2)=CC1. The van der Waals surface area contributed by atoms with Crippen molar-refractivity contribution in [3.05, 3.63) is 224 Å². The minimum Gasteiger partial charge on any atom is -0.208 e. The summed E-state index contributed by atoms with van der Waals surface area (Å²) in [6.45, 7) is 4.10. The fourth-order valence-electron chi connectivity index (χ4n) is 7.48. The fourth-order valence-corrected chi connectivity index (χ4v) is 7.48. The van der Waals surface area contributed by atoms with Crippen molar-refractivity contribution in [2.24, 2.45) is 0 Å². The van der Waals surface area contributed by atoms with Gasteiger partial charge in [0.05, 0.1) is 0 Å². The van der Waals surface area contributed by atoms with Gasteiger partial charge >= 0.3 is 0 Å². The maximum absolute atomic E-state index is 5.15. The van der Waals surface area contributed by atoms with Crippen LogP contribution < -0.4 is 0 Å². The molecule has 9 aromatic rings. The molecule has 0 saturated heterocycles. The van der Waals surface area contributed by atoms with Gasteiger partial charge < -0.3 is 0 Å². The van der Waals surface area contributed by atoms with Gasteiger partial charge in [0.25, 0.3) is 0 Å². The molecule has 288 valence electrons. The molecule has 0 bridgehead atoms. The third-order valence-corrected chi connectivity index (χ3v) is 10.7. The van der Waals surface area contributed by atoms with Gasteiger partial charge in [0.1, 0.15) is 0 Å². The van der Waals surface area contributed by atoms with Crippen molar-refractivity contribution >= 4 is 5.57 Å². The fraction of sp³-hybridized carbons (Fsp3) is 0.0182. The molecule has 0 amide bonds. The van der Waals surface area contributed by atoms with E-state index in [-0.39, 0.29) is 0 Å². The summed E-state index contributed by atoms with van der Waals surface area (Å²) in [6, 6.07) is 64.2. The molecule has 0 unspecified atom stereocenters. The molecule has 7 aromatic carbocycles. The van der Waals surface area contributed by atoms with Crippen LogP contribution in [-0.4, -0.2) is 29.9 Å². The lowest BCUT2D eigenvalue weighted by Gasteiger charge is -2.12. The van der Waals surface area contributed by atoms with Crippen LogP contribution in [0.4, 0.5) is 0 Å². The molecule has 0 radical (unpaired) electrons. The van der Waals surface area contributed by atoms with Crippen molar-refractivity contribution in [1.29, 1.82) is 0 Å². The van der Waals surface area contributed by atoms with E-state index in [1.165, 1.54) is 0 Å². The highest BCUT2D eigenvalue weighted by Gasteiger charge is 2.17. The number of hydrogen-bond donors (Lipinski definition) is 0. The highest BCUT2D eigenvalue weighted by atomic mass is 15.0. The second-order valence-corrected chi connectivity index (χ2v) is 14.9. The number of rotatable bonds is 9. The van der Waals surface area contributed by atoms with Crippen molar-refractivity contribution in [2.45, 2.75) is 6.42 Å². The molecule has 0 aliphatic heterocycles. The van der Waals surface area contributed by atoms with Gasteiger partial charge in [-0.1, -0.05) is 194 Å². The first-order valence-corrected chi connectivity index (χ1v) is 20.3. The van der Waals surface area contributed by atoms with Gasteiger partial charge in [0, 0.05) is 33.4 Å². The molecule has 10 rings (SSSR count). The monoisotopic (exact) mass is 782 g/mol. The van der Waals surface area contributed by atoms with Crippen molar-refractivity contribution in [3.63, 3.8) is 0 Å². The number of hydrogen-bond acceptors (Lipinski definition) is 6. The van der Waals surface area contributed by atoms with E-state index in [2.05, 4.69) is 146 Å². The summed E-state index contributed by atoms with van der Waals surface area (Å²) < 4.78 is 0. The van der Waals surface area contributed by atoms with E-state index in [1.54, 1.807) is 0 Å². The van der Waals surface area contributed by atoms with Crippen LogP contribution in [-0.2, 0) is 0 Å². The molecule has 0 fully saturated rings. The lowest BCUT2D eigenvalue weighted by Crippen LogP contribution is -2.03. The maximum atomic E-state index is 5.15. The van der Waals surface area contributed by atoms with Crippen LogP contribution in [0.3, 0.4) is 0 Å². The van der Waals surface area contributed by atoms with E-state index in [0.717, 1.165) is 78.8 Å². The van der Waals surface area contributed by atoms with Crippen LogP contribution in [0.2, 0.25) is 0 Å². The third-order valence-electron chi connectivity index (χ3n) is 10.7. The Morgan fingerprint density at radius 2 is 0.574 bits per heavy atom. The first-order valence-electron chi connectivity index (χ1n) is 20.3. The first kappa shape index (κ1) is 37.1. The lowest BCUT2D eigenvalue weighted by atomic mass is 10.00. The largest absolute Gasteiger partial charge is 0.208 e. The van der Waals surface area contributed by atoms with Gasteiger partial charge in [-0.15, -0.1) is 0 Å². The predicted octanol–water partition coefficient (Wildman–Crippen LogP) is 13.3. The van der Waals surface area contributed by atoms with Gasteiger partial charge in [-0.2, -0.15) is 0 Å². The quantitative estimate of drug-likeness (QED) is 0.145. The highest BCUT2D eigenvalue weighted by molar-refractivity contribution is 5.79. The van der Waals surface area contributed by atoms with Crippen molar-refractivity contribution in [3.8, 4) is 90.3 Å². The average Bonchev–Trinajstić information content (AvgIpc) is 3.35. The summed E-state index contributed by atoms with van der Waals surface area (Å²) >= 11 is 0. The van der Waals surface area contributed by atoms with E-state index >= 15 is 0 Å². The Morgan fingerprint density at radius 3 is 0.934 bits per heavy atom. The summed E-state index contributed by atoms with van der Waals surface area (Å²) in [7, 11) is 0. The Morgan fingerprint density at radius 1 is 0.279 bits per heavy atom. The van der Waals surface area contributed by atoms with Gasteiger partial charge in [0.2, 0.25) is 0 Å². The maximum Gasteiger partial charge on any atom is 0.164 e. The van der Waals surface area contributed by atoms with Crippen LogP contribution in [0.1, 0.15) is 12.2 Å². The summed E-state index contributed by atoms with van der Waals surface area (Å²) in [5.74, 6) is 3.63. The minimum absolute atomic E-state index is 0.583. The van der Waals surface area contributed by atoms with Crippen LogP contribution >= 0.6 is 0 Å². The average molecular weight is 783 g/mol. The molecule has 2 heterocycles. The van der Waals surface area contributed by atoms with E-state index < -0.39 is 0 Å². The molecule has 2 aromatic heterocycles. The van der Waals surface area contributed by atoms with E-state index in [0.29, 0.717) is 34.9 Å².